The minimum atomic E-state index is -1.16. The van der Waals surface area contributed by atoms with E-state index in [1.807, 2.05) is 0 Å². The van der Waals surface area contributed by atoms with Crippen LogP contribution >= 0.6 is 0 Å². The third-order valence-corrected chi connectivity index (χ3v) is 5.18. The lowest BCUT2D eigenvalue weighted by atomic mass is 10.2. The van der Waals surface area contributed by atoms with Crippen molar-refractivity contribution in [3.05, 3.63) is 28.4 Å². The second-order valence-corrected chi connectivity index (χ2v) is 12.1. The van der Waals surface area contributed by atoms with Crippen molar-refractivity contribution in [3.63, 3.8) is 0 Å². The molecule has 0 aliphatic carbocycles. The number of aromatic nitrogens is 2. The Morgan fingerprint density at radius 3 is 2.57 bits per heavy atom. The molecule has 21 heavy (non-hydrogen) atoms. The van der Waals surface area contributed by atoms with Crippen LogP contribution in [0.1, 0.15) is 0 Å². The Hall–Kier alpha value is -1.60. The van der Waals surface area contributed by atoms with E-state index in [-0.39, 0.29) is 18.1 Å². The zero-order chi connectivity index (χ0) is 15.8. The second kappa shape index (κ2) is 5.65. The van der Waals surface area contributed by atoms with Gasteiger partial charge in [-0.2, -0.15) is 0 Å². The van der Waals surface area contributed by atoms with E-state index < -0.39 is 13.9 Å². The van der Waals surface area contributed by atoms with E-state index in [9.17, 15) is 9.18 Å². The summed E-state index contributed by atoms with van der Waals surface area (Å²) in [7, 11) is 0.449. The van der Waals surface area contributed by atoms with Crippen molar-refractivity contribution in [2.75, 3.05) is 12.3 Å². The fraction of sp³-hybridized carbons (Fsp3) is 0.500. The molecule has 0 unspecified atom stereocenters. The summed E-state index contributed by atoms with van der Waals surface area (Å²) in [6.45, 7) is 7.58. The SMILES string of the molecule is Cn1c(=O)n(COCC[Si](C)(C)C)c2cc(N)c(F)cc21. The van der Waals surface area contributed by atoms with Crippen LogP contribution in [0.3, 0.4) is 0 Å². The standard InChI is InChI=1S/C14H22FN3O2Si/c1-17-12-7-10(15)11(16)8-13(12)18(14(17)19)9-20-5-6-21(2,3)4/h7-8H,5-6,9,16H2,1-4H3. The lowest BCUT2D eigenvalue weighted by Gasteiger charge is -2.15. The van der Waals surface area contributed by atoms with E-state index in [1.165, 1.54) is 21.3 Å². The summed E-state index contributed by atoms with van der Waals surface area (Å²) in [4.78, 5) is 12.2. The van der Waals surface area contributed by atoms with Gasteiger partial charge in [-0.25, -0.2) is 9.18 Å². The van der Waals surface area contributed by atoms with Gasteiger partial charge in [-0.3, -0.25) is 9.13 Å². The summed E-state index contributed by atoms with van der Waals surface area (Å²) >= 11 is 0. The first-order chi connectivity index (χ1) is 9.70. The van der Waals surface area contributed by atoms with Crippen molar-refractivity contribution < 1.29 is 9.13 Å². The first kappa shape index (κ1) is 15.8. The summed E-state index contributed by atoms with van der Waals surface area (Å²) in [6, 6.07) is 3.79. The van der Waals surface area contributed by atoms with Gasteiger partial charge in [0, 0.05) is 27.8 Å². The van der Waals surface area contributed by atoms with Gasteiger partial charge in [0.1, 0.15) is 12.5 Å². The molecule has 2 N–H and O–H groups in total. The molecule has 0 spiro atoms. The Balaban J connectivity index is 2.26. The maximum atomic E-state index is 13.5. The molecule has 0 amide bonds. The number of ether oxygens (including phenoxy) is 1. The molecular formula is C14H22FN3O2Si. The van der Waals surface area contributed by atoms with Crippen LogP contribution in [0, 0.1) is 5.82 Å². The van der Waals surface area contributed by atoms with E-state index in [1.54, 1.807) is 7.05 Å². The molecule has 2 rings (SSSR count). The van der Waals surface area contributed by atoms with Gasteiger partial charge in [-0.05, 0) is 12.1 Å². The average molecular weight is 311 g/mol. The van der Waals surface area contributed by atoms with Crippen LogP contribution in [0.15, 0.2) is 16.9 Å². The zero-order valence-corrected chi connectivity index (χ0v) is 13.9. The zero-order valence-electron chi connectivity index (χ0n) is 12.9. The second-order valence-electron chi connectivity index (χ2n) is 6.48. The minimum Gasteiger partial charge on any atom is -0.396 e. The largest absolute Gasteiger partial charge is 0.396 e. The maximum Gasteiger partial charge on any atom is 0.330 e. The molecule has 1 aromatic heterocycles. The normalized spacial score (nSPS) is 12.2. The molecule has 0 aliphatic heterocycles. The van der Waals surface area contributed by atoms with Gasteiger partial charge in [0.15, 0.2) is 0 Å². The number of hydrogen-bond acceptors (Lipinski definition) is 3. The first-order valence-corrected chi connectivity index (χ1v) is 10.6. The van der Waals surface area contributed by atoms with E-state index in [4.69, 9.17) is 10.5 Å². The van der Waals surface area contributed by atoms with Gasteiger partial charge < -0.3 is 10.5 Å². The van der Waals surface area contributed by atoms with Crippen molar-refractivity contribution in [2.24, 2.45) is 7.05 Å². The molecule has 0 bridgehead atoms. The Kier molecular flexibility index (Phi) is 4.24. The summed E-state index contributed by atoms with van der Waals surface area (Å²) < 4.78 is 22.0. The van der Waals surface area contributed by atoms with Gasteiger partial charge in [-0.15, -0.1) is 0 Å². The number of fused-ring (bicyclic) bond motifs is 1. The Bertz CT molecular complexity index is 716. The lowest BCUT2D eigenvalue weighted by molar-refractivity contribution is 0.0873. The van der Waals surface area contributed by atoms with Crippen molar-refractivity contribution in [2.45, 2.75) is 32.4 Å². The summed E-state index contributed by atoms with van der Waals surface area (Å²) in [5.74, 6) is -0.519. The third-order valence-electron chi connectivity index (χ3n) is 3.48. The number of anilines is 1. The molecule has 5 nitrogen and oxygen atoms in total. The molecule has 1 heterocycles. The van der Waals surface area contributed by atoms with Crippen LogP contribution < -0.4 is 11.4 Å². The van der Waals surface area contributed by atoms with Gasteiger partial charge in [-0.1, -0.05) is 19.6 Å². The molecule has 0 fully saturated rings. The molecule has 0 saturated carbocycles. The van der Waals surface area contributed by atoms with E-state index >= 15 is 0 Å². The predicted octanol–water partition coefficient (Wildman–Crippen LogP) is 2.37. The van der Waals surface area contributed by atoms with Gasteiger partial charge in [0.25, 0.3) is 0 Å². The van der Waals surface area contributed by atoms with Crippen LogP contribution in [0.4, 0.5) is 10.1 Å². The van der Waals surface area contributed by atoms with Crippen LogP contribution in [0.5, 0.6) is 0 Å². The highest BCUT2D eigenvalue weighted by atomic mass is 28.3. The number of nitrogens with zero attached hydrogens (tertiary/aromatic N) is 2. The van der Waals surface area contributed by atoms with Crippen LogP contribution in [-0.4, -0.2) is 23.8 Å². The molecule has 116 valence electrons. The third kappa shape index (κ3) is 3.35. The quantitative estimate of drug-likeness (QED) is 0.524. The van der Waals surface area contributed by atoms with E-state index in [0.717, 1.165) is 6.04 Å². The number of benzene rings is 1. The topological polar surface area (TPSA) is 62.2 Å². The Labute approximate surface area is 124 Å². The summed E-state index contributed by atoms with van der Waals surface area (Å²) in [5.41, 5.74) is 6.50. The lowest BCUT2D eigenvalue weighted by Crippen LogP contribution is -2.25. The van der Waals surface area contributed by atoms with E-state index in [2.05, 4.69) is 19.6 Å². The number of halogens is 1. The molecule has 0 atom stereocenters. The number of nitrogen functional groups attached to an aromatic ring is 1. The van der Waals surface area contributed by atoms with Gasteiger partial charge in [0.2, 0.25) is 0 Å². The summed E-state index contributed by atoms with van der Waals surface area (Å²) in [5, 5.41) is 0. The van der Waals surface area contributed by atoms with Crippen molar-refractivity contribution >= 4 is 24.8 Å². The van der Waals surface area contributed by atoms with E-state index in [0.29, 0.717) is 17.6 Å². The highest BCUT2D eigenvalue weighted by molar-refractivity contribution is 6.76. The number of nitrogens with two attached hydrogens (primary N) is 1. The smallest absolute Gasteiger partial charge is 0.330 e. The Morgan fingerprint density at radius 2 is 1.95 bits per heavy atom. The minimum absolute atomic E-state index is 0.0314. The fourth-order valence-corrected chi connectivity index (χ4v) is 2.86. The van der Waals surface area contributed by atoms with Crippen molar-refractivity contribution in [1.29, 1.82) is 0 Å². The number of rotatable bonds is 5. The Morgan fingerprint density at radius 1 is 1.29 bits per heavy atom. The fourth-order valence-electron chi connectivity index (χ4n) is 2.10. The molecule has 0 saturated heterocycles. The van der Waals surface area contributed by atoms with Crippen LogP contribution in [-0.2, 0) is 18.5 Å². The molecule has 0 radical (unpaired) electrons. The van der Waals surface area contributed by atoms with Crippen molar-refractivity contribution in [3.8, 4) is 0 Å². The molecule has 2 aromatic rings. The highest BCUT2D eigenvalue weighted by Gasteiger charge is 2.15. The van der Waals surface area contributed by atoms with Gasteiger partial charge in [0.05, 0.1) is 16.7 Å². The number of aryl methyl sites for hydroxylation is 1. The molecule has 0 aliphatic rings. The first-order valence-electron chi connectivity index (χ1n) is 6.93. The summed E-state index contributed by atoms with van der Waals surface area (Å²) in [6.07, 6.45) is 0. The maximum absolute atomic E-state index is 13.5. The molecule has 7 heteroatoms. The van der Waals surface area contributed by atoms with Crippen LogP contribution in [0.2, 0.25) is 25.7 Å². The number of imidazole rings is 1. The molecule has 1 aromatic carbocycles. The number of hydrogen-bond donors (Lipinski definition) is 1. The highest BCUT2D eigenvalue weighted by Crippen LogP contribution is 2.20. The van der Waals surface area contributed by atoms with Crippen molar-refractivity contribution in [1.82, 2.24) is 9.13 Å². The van der Waals surface area contributed by atoms with Gasteiger partial charge >= 0.3 is 5.69 Å². The monoisotopic (exact) mass is 311 g/mol. The van der Waals surface area contributed by atoms with Crippen LogP contribution in [0.25, 0.3) is 11.0 Å². The predicted molar refractivity (Wildman–Crippen MR) is 85.7 cm³/mol. The molecular weight excluding hydrogens is 289 g/mol. The average Bonchev–Trinajstić information content (AvgIpc) is 2.59.